The number of Topliss-reactive ketones (excluding diaryl/α,β-unsaturated/α-hetero) is 1. The van der Waals surface area contributed by atoms with Crippen LogP contribution in [0.15, 0.2) is 30.3 Å². The van der Waals surface area contributed by atoms with Gasteiger partial charge in [0, 0.05) is 12.3 Å². The van der Waals surface area contributed by atoms with E-state index in [4.69, 9.17) is 4.74 Å². The summed E-state index contributed by atoms with van der Waals surface area (Å²) in [5.74, 6) is 0.0949. The Bertz CT molecular complexity index is 458. The summed E-state index contributed by atoms with van der Waals surface area (Å²) in [6.07, 6.45) is 2.96. The van der Waals surface area contributed by atoms with Crippen molar-refractivity contribution in [2.75, 3.05) is 6.61 Å². The van der Waals surface area contributed by atoms with E-state index < -0.39 is 6.09 Å². The molecule has 1 aliphatic carbocycles. The van der Waals surface area contributed by atoms with Crippen LogP contribution in [0.5, 0.6) is 0 Å². The predicted octanol–water partition coefficient (Wildman–Crippen LogP) is 3.23. The Morgan fingerprint density at radius 1 is 1.35 bits per heavy atom. The van der Waals surface area contributed by atoms with E-state index in [2.05, 4.69) is 5.32 Å². The van der Waals surface area contributed by atoms with E-state index in [9.17, 15) is 9.59 Å². The Balaban J connectivity index is 2.19. The van der Waals surface area contributed by atoms with Crippen LogP contribution in [-0.4, -0.2) is 18.5 Å². The van der Waals surface area contributed by atoms with Gasteiger partial charge in [-0.25, -0.2) is 4.79 Å². The molecule has 0 aromatic heterocycles. The van der Waals surface area contributed by atoms with Crippen LogP contribution in [0.1, 0.15) is 44.2 Å². The summed E-state index contributed by atoms with van der Waals surface area (Å²) in [6.45, 7) is 2.09. The van der Waals surface area contributed by atoms with Gasteiger partial charge < -0.3 is 10.1 Å². The molecule has 4 nitrogen and oxygen atoms in total. The second-order valence-electron chi connectivity index (χ2n) is 5.07. The molecule has 1 aliphatic rings. The molecule has 0 unspecified atom stereocenters. The summed E-state index contributed by atoms with van der Waals surface area (Å²) in [4.78, 5) is 23.9. The number of ketones is 1. The molecule has 1 aromatic carbocycles. The van der Waals surface area contributed by atoms with E-state index in [1.165, 1.54) is 0 Å². The van der Waals surface area contributed by atoms with Crippen molar-refractivity contribution >= 4 is 11.9 Å². The lowest BCUT2D eigenvalue weighted by molar-refractivity contribution is -0.125. The van der Waals surface area contributed by atoms with E-state index in [-0.39, 0.29) is 17.7 Å². The van der Waals surface area contributed by atoms with Gasteiger partial charge in [0.2, 0.25) is 0 Å². The molecule has 0 bridgehead atoms. The van der Waals surface area contributed by atoms with Gasteiger partial charge in [-0.05, 0) is 25.3 Å². The summed E-state index contributed by atoms with van der Waals surface area (Å²) in [7, 11) is 0. The van der Waals surface area contributed by atoms with Crippen molar-refractivity contribution in [2.24, 2.45) is 5.92 Å². The highest BCUT2D eigenvalue weighted by atomic mass is 16.5. The molecule has 0 spiro atoms. The zero-order chi connectivity index (χ0) is 14.4. The Morgan fingerprint density at radius 3 is 2.75 bits per heavy atom. The fourth-order valence-corrected chi connectivity index (χ4v) is 2.74. The Kier molecular flexibility index (Phi) is 5.16. The Hall–Kier alpha value is -1.84. The quantitative estimate of drug-likeness (QED) is 0.917. The van der Waals surface area contributed by atoms with Crippen molar-refractivity contribution in [3.63, 3.8) is 0 Å². The summed E-state index contributed by atoms with van der Waals surface area (Å²) >= 11 is 0. The van der Waals surface area contributed by atoms with E-state index in [1.807, 2.05) is 30.3 Å². The molecule has 0 saturated heterocycles. The molecule has 0 heterocycles. The Labute approximate surface area is 119 Å². The van der Waals surface area contributed by atoms with Gasteiger partial charge in [0.05, 0.1) is 12.6 Å². The summed E-state index contributed by atoms with van der Waals surface area (Å²) in [5, 5.41) is 2.85. The first kappa shape index (κ1) is 14.6. The lowest BCUT2D eigenvalue weighted by atomic mass is 9.80. The molecule has 20 heavy (non-hydrogen) atoms. The number of nitrogens with one attached hydrogen (secondary N) is 1. The minimum Gasteiger partial charge on any atom is -0.450 e. The summed E-state index contributed by atoms with van der Waals surface area (Å²) < 4.78 is 4.96. The van der Waals surface area contributed by atoms with Crippen LogP contribution < -0.4 is 5.32 Å². The number of hydrogen-bond acceptors (Lipinski definition) is 3. The molecular weight excluding hydrogens is 254 g/mol. The third-order valence-corrected chi connectivity index (χ3v) is 3.71. The van der Waals surface area contributed by atoms with Gasteiger partial charge in [-0.3, -0.25) is 4.79 Å². The van der Waals surface area contributed by atoms with Crippen molar-refractivity contribution in [1.82, 2.24) is 5.32 Å². The number of hydrogen-bond donors (Lipinski definition) is 1. The van der Waals surface area contributed by atoms with Crippen LogP contribution in [0.3, 0.4) is 0 Å². The molecule has 1 amide bonds. The monoisotopic (exact) mass is 275 g/mol. The molecular formula is C16H21NO3. The van der Waals surface area contributed by atoms with Crippen molar-refractivity contribution in [2.45, 2.75) is 38.6 Å². The average molecular weight is 275 g/mol. The fourth-order valence-electron chi connectivity index (χ4n) is 2.74. The topological polar surface area (TPSA) is 55.4 Å². The molecule has 2 rings (SSSR count). The molecule has 1 aromatic rings. The number of rotatable bonds is 4. The number of carbonyl (C=O) groups is 2. The van der Waals surface area contributed by atoms with Crippen LogP contribution >= 0.6 is 0 Å². The zero-order valence-corrected chi connectivity index (χ0v) is 11.8. The normalized spacial score (nSPS) is 20.2. The fraction of sp³-hybridized carbons (Fsp3) is 0.500. The highest BCUT2D eigenvalue weighted by Crippen LogP contribution is 2.32. The lowest BCUT2D eigenvalue weighted by Crippen LogP contribution is -2.38. The smallest absolute Gasteiger partial charge is 0.407 e. The molecule has 0 aliphatic heterocycles. The van der Waals surface area contributed by atoms with E-state index in [1.54, 1.807) is 6.92 Å². The highest BCUT2D eigenvalue weighted by molar-refractivity contribution is 5.83. The molecule has 1 N–H and O–H groups in total. The first-order valence-corrected chi connectivity index (χ1v) is 7.23. The van der Waals surface area contributed by atoms with Crippen LogP contribution in [-0.2, 0) is 9.53 Å². The van der Waals surface area contributed by atoms with Crippen LogP contribution in [0, 0.1) is 5.92 Å². The third-order valence-electron chi connectivity index (χ3n) is 3.71. The van der Waals surface area contributed by atoms with Crippen molar-refractivity contribution in [3.8, 4) is 0 Å². The molecule has 1 saturated carbocycles. The molecule has 4 heteroatoms. The van der Waals surface area contributed by atoms with Crippen LogP contribution in [0.2, 0.25) is 0 Å². The third kappa shape index (κ3) is 3.59. The van der Waals surface area contributed by atoms with Crippen molar-refractivity contribution in [3.05, 3.63) is 35.9 Å². The van der Waals surface area contributed by atoms with Gasteiger partial charge >= 0.3 is 6.09 Å². The Morgan fingerprint density at radius 2 is 2.10 bits per heavy atom. The average Bonchev–Trinajstić information content (AvgIpc) is 2.47. The summed E-state index contributed by atoms with van der Waals surface area (Å²) in [6, 6.07) is 9.36. The number of benzene rings is 1. The van der Waals surface area contributed by atoms with Gasteiger partial charge in [0.15, 0.2) is 0 Å². The second-order valence-corrected chi connectivity index (χ2v) is 5.07. The molecule has 1 fully saturated rings. The van der Waals surface area contributed by atoms with Crippen LogP contribution in [0.4, 0.5) is 4.79 Å². The van der Waals surface area contributed by atoms with E-state index in [0.717, 1.165) is 24.8 Å². The van der Waals surface area contributed by atoms with Crippen LogP contribution in [0.25, 0.3) is 0 Å². The lowest BCUT2D eigenvalue weighted by Gasteiger charge is -2.29. The minimum atomic E-state index is -0.459. The zero-order valence-electron chi connectivity index (χ0n) is 11.8. The van der Waals surface area contributed by atoms with Gasteiger partial charge in [-0.15, -0.1) is 0 Å². The first-order chi connectivity index (χ1) is 9.72. The number of ether oxygens (including phenoxy) is 1. The number of amides is 1. The second kappa shape index (κ2) is 7.08. The molecule has 108 valence electrons. The van der Waals surface area contributed by atoms with Gasteiger partial charge in [0.1, 0.15) is 5.78 Å². The van der Waals surface area contributed by atoms with E-state index >= 15 is 0 Å². The van der Waals surface area contributed by atoms with Gasteiger partial charge in [-0.2, -0.15) is 0 Å². The maximum Gasteiger partial charge on any atom is 0.407 e. The largest absolute Gasteiger partial charge is 0.450 e. The van der Waals surface area contributed by atoms with Crippen molar-refractivity contribution in [1.29, 1.82) is 0 Å². The maximum absolute atomic E-state index is 12.2. The number of alkyl carbamates (subject to hydrolysis) is 1. The first-order valence-electron chi connectivity index (χ1n) is 7.23. The number of carbonyl (C=O) groups excluding carboxylic acids is 2. The van der Waals surface area contributed by atoms with Gasteiger partial charge in [0.25, 0.3) is 0 Å². The molecule has 0 radical (unpaired) electrons. The highest BCUT2D eigenvalue weighted by Gasteiger charge is 2.32. The van der Waals surface area contributed by atoms with E-state index in [0.29, 0.717) is 13.0 Å². The van der Waals surface area contributed by atoms with Crippen molar-refractivity contribution < 1.29 is 14.3 Å². The summed E-state index contributed by atoms with van der Waals surface area (Å²) in [5.41, 5.74) is 0.959. The SMILES string of the molecule is CCOC(=O)N[C@H](c1ccccc1)[C@@H]1CCCCC1=O. The predicted molar refractivity (Wildman–Crippen MR) is 76.3 cm³/mol. The standard InChI is InChI=1S/C16H21NO3/c1-2-20-16(19)17-15(12-8-4-3-5-9-12)13-10-6-7-11-14(13)18/h3-5,8-9,13,15H,2,6-7,10-11H2,1H3,(H,17,19)/t13-,15-/m1/s1. The minimum absolute atomic E-state index is 0.143. The molecule has 2 atom stereocenters. The van der Waals surface area contributed by atoms with Gasteiger partial charge in [-0.1, -0.05) is 36.8 Å². The maximum atomic E-state index is 12.2.